The Morgan fingerprint density at radius 3 is 2.11 bits per heavy atom. The summed E-state index contributed by atoms with van der Waals surface area (Å²) in [6, 6.07) is 0. The maximum atomic E-state index is 12.3. The highest BCUT2D eigenvalue weighted by molar-refractivity contribution is 5.67. The third-order valence-corrected chi connectivity index (χ3v) is 10.6. The summed E-state index contributed by atoms with van der Waals surface area (Å²) < 4.78 is 17.7. The van der Waals surface area contributed by atoms with E-state index in [1.165, 1.54) is 20.8 Å². The van der Waals surface area contributed by atoms with Crippen molar-refractivity contribution in [2.24, 2.45) is 46.3 Å². The van der Waals surface area contributed by atoms with E-state index in [9.17, 15) is 19.2 Å². The molecule has 4 rings (SSSR count). The molecule has 196 valence electrons. The molecule has 7 heteroatoms. The first-order valence-electron chi connectivity index (χ1n) is 13.4. The van der Waals surface area contributed by atoms with Crippen LogP contribution in [-0.2, 0) is 33.4 Å². The Kier molecular flexibility index (Phi) is 7.11. The number of carbonyl (C=O) groups excluding carboxylic acids is 4. The summed E-state index contributed by atoms with van der Waals surface area (Å²) in [7, 11) is 0. The van der Waals surface area contributed by atoms with Gasteiger partial charge in [-0.05, 0) is 74.0 Å². The maximum Gasteiger partial charge on any atom is 0.302 e. The van der Waals surface area contributed by atoms with Gasteiger partial charge in [-0.15, -0.1) is 0 Å². The van der Waals surface area contributed by atoms with Crippen molar-refractivity contribution >= 4 is 24.2 Å². The highest BCUT2D eigenvalue weighted by Gasteiger charge is 2.67. The van der Waals surface area contributed by atoms with Gasteiger partial charge in [-0.3, -0.25) is 14.4 Å². The van der Waals surface area contributed by atoms with Gasteiger partial charge in [0.05, 0.1) is 0 Å². The van der Waals surface area contributed by atoms with Crippen molar-refractivity contribution in [1.29, 1.82) is 0 Å². The zero-order chi connectivity index (χ0) is 25.7. The minimum Gasteiger partial charge on any atom is -0.463 e. The molecule has 0 aliphatic heterocycles. The molecule has 1 unspecified atom stereocenters. The predicted octanol–water partition coefficient (Wildman–Crippen LogP) is 4.50. The van der Waals surface area contributed by atoms with Crippen LogP contribution in [0.5, 0.6) is 0 Å². The van der Waals surface area contributed by atoms with E-state index in [4.69, 9.17) is 14.2 Å². The van der Waals surface area contributed by atoms with Crippen LogP contribution in [-0.4, -0.2) is 42.5 Å². The SMILES string of the molecule is CC(=O)O[C@@H]1CC[C@@]2(C)C(C1)C[C@@H](OC(C)=O)[C@H]1[C@@H]3CC[C@H]([C@H](C)C=O)[C@@]3(C)[C@@H](OC(C)=O)C[C@@H]12. The Bertz CT molecular complexity index is 869. The zero-order valence-electron chi connectivity index (χ0n) is 22.1. The second-order valence-electron chi connectivity index (χ2n) is 12.3. The van der Waals surface area contributed by atoms with Crippen molar-refractivity contribution in [3.63, 3.8) is 0 Å². The molecule has 4 saturated carbocycles. The standard InChI is InChI=1S/C28H42O7/c1-15(14-29)21-7-8-22-26-23(13-25(28(21,22)6)35-18(4)32)27(5)10-9-20(33-16(2)30)11-19(27)12-24(26)34-17(3)31/h14-15,19-26H,7-13H2,1-6H3/t15-,19?,20-,21-,22+,23+,24-,25+,26+,27+,28-/m1/s1. The predicted molar refractivity (Wildman–Crippen MR) is 128 cm³/mol. The number of aldehydes is 1. The van der Waals surface area contributed by atoms with E-state index in [2.05, 4.69) is 13.8 Å². The molecule has 4 aliphatic carbocycles. The molecule has 4 aliphatic rings. The summed E-state index contributed by atoms with van der Waals surface area (Å²) >= 11 is 0. The normalized spacial score (nSPS) is 45.2. The van der Waals surface area contributed by atoms with E-state index in [1.807, 2.05) is 6.92 Å². The van der Waals surface area contributed by atoms with Crippen LogP contribution in [0.2, 0.25) is 0 Å². The molecule has 0 aromatic heterocycles. The first-order valence-corrected chi connectivity index (χ1v) is 13.4. The molecule has 0 heterocycles. The average molecular weight is 491 g/mol. The highest BCUT2D eigenvalue weighted by atomic mass is 16.6. The van der Waals surface area contributed by atoms with Gasteiger partial charge in [0.2, 0.25) is 0 Å². The molecule has 0 spiro atoms. The first kappa shape index (κ1) is 26.2. The molecule has 0 bridgehead atoms. The first-order chi connectivity index (χ1) is 16.4. The molecule has 0 radical (unpaired) electrons. The van der Waals surface area contributed by atoms with Crippen LogP contribution in [0, 0.1) is 46.3 Å². The van der Waals surface area contributed by atoms with Crippen molar-refractivity contribution in [3.05, 3.63) is 0 Å². The van der Waals surface area contributed by atoms with Crippen molar-refractivity contribution < 1.29 is 33.4 Å². The van der Waals surface area contributed by atoms with Gasteiger partial charge in [0, 0.05) is 38.0 Å². The molecule has 35 heavy (non-hydrogen) atoms. The Hall–Kier alpha value is -1.92. The molecular weight excluding hydrogens is 448 g/mol. The van der Waals surface area contributed by atoms with Crippen LogP contribution < -0.4 is 0 Å². The van der Waals surface area contributed by atoms with E-state index in [1.54, 1.807) is 0 Å². The lowest BCUT2D eigenvalue weighted by Gasteiger charge is -2.64. The fourth-order valence-electron chi connectivity index (χ4n) is 9.14. The second kappa shape index (κ2) is 9.51. The Labute approximate surface area is 209 Å². The number of rotatable bonds is 5. The molecule has 0 aromatic rings. The summed E-state index contributed by atoms with van der Waals surface area (Å²) in [5, 5.41) is 0. The molecule has 7 nitrogen and oxygen atoms in total. The van der Waals surface area contributed by atoms with Crippen LogP contribution in [0.15, 0.2) is 0 Å². The van der Waals surface area contributed by atoms with Crippen molar-refractivity contribution in [1.82, 2.24) is 0 Å². The zero-order valence-corrected chi connectivity index (χ0v) is 22.1. The quantitative estimate of drug-likeness (QED) is 0.318. The summed E-state index contributed by atoms with van der Waals surface area (Å²) in [4.78, 5) is 48.0. The van der Waals surface area contributed by atoms with E-state index in [0.29, 0.717) is 6.42 Å². The molecule has 4 fully saturated rings. The fourth-order valence-corrected chi connectivity index (χ4v) is 9.14. The summed E-state index contributed by atoms with van der Waals surface area (Å²) in [6.07, 6.45) is 6.25. The van der Waals surface area contributed by atoms with Crippen LogP contribution in [0.4, 0.5) is 0 Å². The monoisotopic (exact) mass is 490 g/mol. The fraction of sp³-hybridized carbons (Fsp3) is 0.857. The number of hydrogen-bond acceptors (Lipinski definition) is 7. The van der Waals surface area contributed by atoms with E-state index in [-0.39, 0.29) is 82.6 Å². The van der Waals surface area contributed by atoms with Crippen LogP contribution in [0.3, 0.4) is 0 Å². The van der Waals surface area contributed by atoms with Crippen molar-refractivity contribution in [3.8, 4) is 0 Å². The number of ether oxygens (including phenoxy) is 3. The van der Waals surface area contributed by atoms with E-state index >= 15 is 0 Å². The van der Waals surface area contributed by atoms with Gasteiger partial charge in [0.1, 0.15) is 24.6 Å². The highest BCUT2D eigenvalue weighted by Crippen LogP contribution is 2.69. The van der Waals surface area contributed by atoms with Gasteiger partial charge in [-0.2, -0.15) is 0 Å². The summed E-state index contributed by atoms with van der Waals surface area (Å²) in [6.45, 7) is 10.9. The third kappa shape index (κ3) is 4.42. The lowest BCUT2D eigenvalue weighted by Crippen LogP contribution is -2.63. The van der Waals surface area contributed by atoms with Gasteiger partial charge in [0.25, 0.3) is 0 Å². The molecule has 0 saturated heterocycles. The smallest absolute Gasteiger partial charge is 0.302 e. The topological polar surface area (TPSA) is 96.0 Å². The number of esters is 3. The lowest BCUT2D eigenvalue weighted by molar-refractivity contribution is -0.224. The number of fused-ring (bicyclic) bond motifs is 5. The maximum absolute atomic E-state index is 12.3. The Morgan fingerprint density at radius 1 is 0.857 bits per heavy atom. The van der Waals surface area contributed by atoms with E-state index < -0.39 is 0 Å². The second-order valence-corrected chi connectivity index (χ2v) is 12.3. The van der Waals surface area contributed by atoms with Crippen molar-refractivity contribution in [2.75, 3.05) is 0 Å². The summed E-state index contributed by atoms with van der Waals surface area (Å²) in [5.41, 5.74) is -0.365. The van der Waals surface area contributed by atoms with Gasteiger partial charge in [0.15, 0.2) is 0 Å². The molecular formula is C28H42O7. The molecule has 0 aromatic carbocycles. The van der Waals surface area contributed by atoms with Gasteiger partial charge in [-0.25, -0.2) is 0 Å². The Morgan fingerprint density at radius 2 is 1.51 bits per heavy atom. The molecule has 0 N–H and O–H groups in total. The van der Waals surface area contributed by atoms with Gasteiger partial charge in [-0.1, -0.05) is 20.8 Å². The lowest BCUT2D eigenvalue weighted by atomic mass is 9.43. The minimum atomic E-state index is -0.344. The summed E-state index contributed by atoms with van der Waals surface area (Å²) in [5.74, 6) is 0.00764. The number of hydrogen-bond donors (Lipinski definition) is 0. The average Bonchev–Trinajstić information content (AvgIpc) is 3.12. The third-order valence-electron chi connectivity index (χ3n) is 10.6. The van der Waals surface area contributed by atoms with Gasteiger partial charge >= 0.3 is 17.9 Å². The van der Waals surface area contributed by atoms with Crippen LogP contribution in [0.25, 0.3) is 0 Å². The Balaban J connectivity index is 1.75. The molecule has 0 amide bonds. The van der Waals surface area contributed by atoms with E-state index in [0.717, 1.165) is 44.8 Å². The van der Waals surface area contributed by atoms with Gasteiger partial charge < -0.3 is 19.0 Å². The minimum absolute atomic E-state index is 0.0218. The van der Waals surface area contributed by atoms with Crippen LogP contribution in [0.1, 0.15) is 86.5 Å². The van der Waals surface area contributed by atoms with Crippen LogP contribution >= 0.6 is 0 Å². The largest absolute Gasteiger partial charge is 0.463 e. The van der Waals surface area contributed by atoms with Crippen molar-refractivity contribution in [2.45, 2.75) is 105 Å². The number of carbonyl (C=O) groups is 4. The molecule has 11 atom stereocenters.